The lowest BCUT2D eigenvalue weighted by Crippen LogP contribution is -2.35. The fourth-order valence-electron chi connectivity index (χ4n) is 2.96. The molecule has 0 radical (unpaired) electrons. The number of aromatic nitrogens is 1. The average Bonchev–Trinajstić information content (AvgIpc) is 2.48. The topological polar surface area (TPSA) is 59.9 Å². The summed E-state index contributed by atoms with van der Waals surface area (Å²) in [6.45, 7) is 4.14. The molecule has 106 valence electrons. The number of nitrogens with zero attached hydrogens (tertiary/aromatic N) is 2. The highest BCUT2D eigenvalue weighted by Crippen LogP contribution is 2.22. The van der Waals surface area contributed by atoms with Gasteiger partial charge in [-0.3, -0.25) is 9.69 Å². The summed E-state index contributed by atoms with van der Waals surface area (Å²) < 4.78 is 0. The van der Waals surface area contributed by atoms with Gasteiger partial charge in [0.1, 0.15) is 6.07 Å². The van der Waals surface area contributed by atoms with Crippen molar-refractivity contribution in [2.45, 2.75) is 26.4 Å². The molecule has 0 amide bonds. The lowest BCUT2D eigenvalue weighted by atomic mass is 9.95. The van der Waals surface area contributed by atoms with Crippen LogP contribution in [0.2, 0.25) is 0 Å². The summed E-state index contributed by atoms with van der Waals surface area (Å²) in [6.07, 6.45) is 0.701. The van der Waals surface area contributed by atoms with Crippen molar-refractivity contribution in [2.75, 3.05) is 6.54 Å². The van der Waals surface area contributed by atoms with Gasteiger partial charge in [-0.2, -0.15) is 5.26 Å². The third-order valence-corrected chi connectivity index (χ3v) is 4.04. The SMILES string of the molecule is Cc1[nH]c(=O)c2c(c1C#N)CN(Cc1ccccc1)CC2. The third-order valence-electron chi connectivity index (χ3n) is 4.04. The maximum Gasteiger partial charge on any atom is 0.251 e. The van der Waals surface area contributed by atoms with Gasteiger partial charge in [0.05, 0.1) is 5.56 Å². The quantitative estimate of drug-likeness (QED) is 0.916. The number of fused-ring (bicyclic) bond motifs is 1. The minimum Gasteiger partial charge on any atom is -0.325 e. The van der Waals surface area contributed by atoms with Crippen molar-refractivity contribution in [3.8, 4) is 6.07 Å². The molecule has 0 saturated carbocycles. The molecular weight excluding hydrogens is 262 g/mol. The van der Waals surface area contributed by atoms with E-state index >= 15 is 0 Å². The van der Waals surface area contributed by atoms with Crippen LogP contribution in [0.25, 0.3) is 0 Å². The summed E-state index contributed by atoms with van der Waals surface area (Å²) >= 11 is 0. The largest absolute Gasteiger partial charge is 0.325 e. The Bertz CT molecular complexity index is 756. The number of hydrogen-bond acceptors (Lipinski definition) is 3. The van der Waals surface area contributed by atoms with Crippen LogP contribution < -0.4 is 5.56 Å². The molecule has 1 aromatic carbocycles. The van der Waals surface area contributed by atoms with Gasteiger partial charge in [-0.1, -0.05) is 30.3 Å². The normalized spacial score (nSPS) is 14.5. The van der Waals surface area contributed by atoms with E-state index in [1.54, 1.807) is 6.92 Å². The summed E-state index contributed by atoms with van der Waals surface area (Å²) in [5.74, 6) is 0. The van der Waals surface area contributed by atoms with E-state index in [-0.39, 0.29) is 5.56 Å². The molecule has 0 spiro atoms. The number of aryl methyl sites for hydroxylation is 1. The number of H-pyrrole nitrogens is 1. The number of nitriles is 1. The van der Waals surface area contributed by atoms with E-state index in [0.717, 1.165) is 24.2 Å². The molecule has 2 aromatic rings. The van der Waals surface area contributed by atoms with Gasteiger partial charge in [-0.15, -0.1) is 0 Å². The summed E-state index contributed by atoms with van der Waals surface area (Å²) in [5, 5.41) is 9.35. The van der Waals surface area contributed by atoms with E-state index in [1.807, 2.05) is 18.2 Å². The van der Waals surface area contributed by atoms with Crippen LogP contribution in [0.1, 0.15) is 27.9 Å². The molecule has 0 fully saturated rings. The Kier molecular flexibility index (Phi) is 3.59. The molecule has 1 N–H and O–H groups in total. The van der Waals surface area contributed by atoms with Crippen LogP contribution in [-0.4, -0.2) is 16.4 Å². The van der Waals surface area contributed by atoms with Crippen molar-refractivity contribution in [1.82, 2.24) is 9.88 Å². The van der Waals surface area contributed by atoms with Gasteiger partial charge >= 0.3 is 0 Å². The number of rotatable bonds is 2. The summed E-state index contributed by atoms with van der Waals surface area (Å²) in [7, 11) is 0. The van der Waals surface area contributed by atoms with Crippen LogP contribution in [0.15, 0.2) is 35.1 Å². The first-order valence-corrected chi connectivity index (χ1v) is 7.10. The number of benzene rings is 1. The molecule has 21 heavy (non-hydrogen) atoms. The Hall–Kier alpha value is -2.38. The fraction of sp³-hybridized carbons (Fsp3) is 0.294. The van der Waals surface area contributed by atoms with E-state index in [1.165, 1.54) is 5.56 Å². The molecule has 0 bridgehead atoms. The van der Waals surface area contributed by atoms with E-state index in [9.17, 15) is 10.1 Å². The van der Waals surface area contributed by atoms with E-state index in [2.05, 4.69) is 28.1 Å². The Morgan fingerprint density at radius 3 is 2.76 bits per heavy atom. The van der Waals surface area contributed by atoms with Crippen molar-refractivity contribution in [3.63, 3.8) is 0 Å². The first kappa shape index (κ1) is 13.6. The Morgan fingerprint density at radius 1 is 1.29 bits per heavy atom. The first-order chi connectivity index (χ1) is 10.2. The zero-order valence-corrected chi connectivity index (χ0v) is 12.0. The second-order valence-electron chi connectivity index (χ2n) is 5.47. The minimum absolute atomic E-state index is 0.0409. The maximum absolute atomic E-state index is 12.0. The van der Waals surface area contributed by atoms with Crippen LogP contribution in [0.3, 0.4) is 0 Å². The van der Waals surface area contributed by atoms with Gasteiger partial charge in [0, 0.05) is 30.9 Å². The number of aromatic amines is 1. The minimum atomic E-state index is -0.0409. The van der Waals surface area contributed by atoms with Crippen LogP contribution in [0.4, 0.5) is 0 Å². The van der Waals surface area contributed by atoms with Crippen LogP contribution in [0, 0.1) is 18.3 Å². The van der Waals surface area contributed by atoms with Crippen molar-refractivity contribution >= 4 is 0 Å². The molecule has 2 heterocycles. The van der Waals surface area contributed by atoms with Gasteiger partial charge in [0.15, 0.2) is 0 Å². The standard InChI is InChI=1S/C17H17N3O/c1-12-15(9-18)16-11-20(8-7-14(16)17(21)19-12)10-13-5-3-2-4-6-13/h2-6H,7-8,10-11H2,1H3,(H,19,21). The molecule has 3 rings (SSSR count). The van der Waals surface area contributed by atoms with Crippen molar-refractivity contribution in [3.05, 3.63) is 68.6 Å². The van der Waals surface area contributed by atoms with Gasteiger partial charge in [0.25, 0.3) is 5.56 Å². The highest BCUT2D eigenvalue weighted by Gasteiger charge is 2.23. The van der Waals surface area contributed by atoms with Crippen LogP contribution >= 0.6 is 0 Å². The maximum atomic E-state index is 12.0. The molecular formula is C17H17N3O. The lowest BCUT2D eigenvalue weighted by Gasteiger charge is -2.29. The van der Waals surface area contributed by atoms with Crippen LogP contribution in [0.5, 0.6) is 0 Å². The van der Waals surface area contributed by atoms with Crippen molar-refractivity contribution in [2.24, 2.45) is 0 Å². The Morgan fingerprint density at radius 2 is 2.05 bits per heavy atom. The zero-order chi connectivity index (χ0) is 14.8. The smallest absolute Gasteiger partial charge is 0.251 e. The van der Waals surface area contributed by atoms with Crippen molar-refractivity contribution in [1.29, 1.82) is 5.26 Å². The van der Waals surface area contributed by atoms with E-state index < -0.39 is 0 Å². The van der Waals surface area contributed by atoms with E-state index in [4.69, 9.17) is 0 Å². The summed E-state index contributed by atoms with van der Waals surface area (Å²) in [4.78, 5) is 17.1. The molecule has 0 aliphatic carbocycles. The van der Waals surface area contributed by atoms with E-state index in [0.29, 0.717) is 24.2 Å². The predicted molar refractivity (Wildman–Crippen MR) is 80.8 cm³/mol. The predicted octanol–water partition coefficient (Wildman–Crippen LogP) is 2.11. The first-order valence-electron chi connectivity index (χ1n) is 7.10. The lowest BCUT2D eigenvalue weighted by molar-refractivity contribution is 0.244. The average molecular weight is 279 g/mol. The molecule has 0 atom stereocenters. The highest BCUT2D eigenvalue weighted by atomic mass is 16.1. The molecule has 4 heteroatoms. The monoisotopic (exact) mass is 279 g/mol. The van der Waals surface area contributed by atoms with Crippen molar-refractivity contribution < 1.29 is 0 Å². The molecule has 1 aliphatic heterocycles. The molecule has 1 aliphatic rings. The fourth-order valence-corrected chi connectivity index (χ4v) is 2.96. The van der Waals surface area contributed by atoms with Gasteiger partial charge < -0.3 is 4.98 Å². The summed E-state index contributed by atoms with van der Waals surface area (Å²) in [6, 6.07) is 12.5. The van der Waals surface area contributed by atoms with Gasteiger partial charge in [0.2, 0.25) is 0 Å². The molecule has 0 unspecified atom stereocenters. The Labute approximate surface area is 123 Å². The second-order valence-corrected chi connectivity index (χ2v) is 5.47. The van der Waals surface area contributed by atoms with Crippen LogP contribution in [-0.2, 0) is 19.5 Å². The highest BCUT2D eigenvalue weighted by molar-refractivity contribution is 5.45. The van der Waals surface area contributed by atoms with Gasteiger partial charge in [-0.25, -0.2) is 0 Å². The molecule has 1 aromatic heterocycles. The summed E-state index contributed by atoms with van der Waals surface area (Å²) in [5.41, 5.74) is 4.19. The van der Waals surface area contributed by atoms with Gasteiger partial charge in [-0.05, 0) is 24.5 Å². The molecule has 0 saturated heterocycles. The number of nitrogens with one attached hydrogen (secondary N) is 1. The zero-order valence-electron chi connectivity index (χ0n) is 12.0. The second kappa shape index (κ2) is 5.55. The number of pyridine rings is 1. The third kappa shape index (κ3) is 2.61. The molecule has 4 nitrogen and oxygen atoms in total. The Balaban J connectivity index is 1.92. The number of hydrogen-bond donors (Lipinski definition) is 1.